The summed E-state index contributed by atoms with van der Waals surface area (Å²) in [6.45, 7) is 2.35. The summed E-state index contributed by atoms with van der Waals surface area (Å²) in [5, 5.41) is 2.48. The van der Waals surface area contributed by atoms with Crippen LogP contribution in [0.4, 0.5) is 9.18 Å². The average Bonchev–Trinajstić information content (AvgIpc) is 2.71. The molecule has 1 aliphatic rings. The van der Waals surface area contributed by atoms with E-state index >= 15 is 0 Å². The van der Waals surface area contributed by atoms with Crippen molar-refractivity contribution < 1.29 is 28.3 Å². The maximum atomic E-state index is 13.4. The molecule has 0 atom stereocenters. The van der Waals surface area contributed by atoms with E-state index in [0.29, 0.717) is 0 Å². The number of amides is 3. The van der Waals surface area contributed by atoms with Gasteiger partial charge in [0.1, 0.15) is 11.4 Å². The summed E-state index contributed by atoms with van der Waals surface area (Å²) in [6.07, 6.45) is -0.250. The molecule has 7 nitrogen and oxygen atoms in total. The van der Waals surface area contributed by atoms with Crippen molar-refractivity contribution in [2.75, 3.05) is 13.2 Å². The predicted molar refractivity (Wildman–Crippen MR) is 80.6 cm³/mol. The van der Waals surface area contributed by atoms with E-state index in [1.165, 1.54) is 18.2 Å². The first kappa shape index (κ1) is 17.6. The van der Waals surface area contributed by atoms with Gasteiger partial charge in [-0.05, 0) is 26.0 Å². The van der Waals surface area contributed by atoms with Crippen molar-refractivity contribution in [3.8, 4) is 0 Å². The van der Waals surface area contributed by atoms with Crippen LogP contribution in [0.25, 0.3) is 0 Å². The summed E-state index contributed by atoms with van der Waals surface area (Å²) in [4.78, 5) is 47.9. The molecule has 0 aromatic heterocycles. The number of Topliss-reactive ketones (excluding diaryl/α,β-unsaturated/α-hetero) is 1. The Morgan fingerprint density at radius 3 is 2.50 bits per heavy atom. The Morgan fingerprint density at radius 2 is 1.92 bits per heavy atom. The number of carbonyl (C=O) groups excluding carboxylic acids is 4. The lowest BCUT2D eigenvalue weighted by Gasteiger charge is -2.15. The molecular weight excluding hydrogens is 319 g/mol. The number of benzene rings is 1. The molecule has 8 heteroatoms. The Morgan fingerprint density at radius 1 is 1.25 bits per heavy atom. The highest BCUT2D eigenvalue weighted by molar-refractivity contribution is 6.06. The molecule has 1 heterocycles. The smallest absolute Gasteiger partial charge is 0.325 e. The summed E-state index contributed by atoms with van der Waals surface area (Å²) < 4.78 is 18.2. The molecule has 0 unspecified atom stereocenters. The minimum atomic E-state index is -1.01. The molecule has 0 spiro atoms. The van der Waals surface area contributed by atoms with E-state index in [1.54, 1.807) is 13.8 Å². The number of urea groups is 1. The Balaban J connectivity index is 1.82. The van der Waals surface area contributed by atoms with Crippen LogP contribution in [-0.2, 0) is 14.3 Å². The van der Waals surface area contributed by atoms with Crippen molar-refractivity contribution >= 4 is 23.7 Å². The van der Waals surface area contributed by atoms with Crippen molar-refractivity contribution in [3.05, 3.63) is 35.6 Å². The Hall–Kier alpha value is -2.77. The number of carbonyl (C=O) groups is 4. The standard InChI is InChI=1S/C16H17FN2O5/c1-16(2)14(22)19(15(23)18-16)8-7-13(21)24-9-12(20)10-5-3-4-6-11(10)17/h3-6H,7-9H2,1-2H3,(H,18,23). The van der Waals surface area contributed by atoms with Gasteiger partial charge in [0.15, 0.2) is 6.61 Å². The number of nitrogens with zero attached hydrogens (tertiary/aromatic N) is 1. The molecule has 1 N–H and O–H groups in total. The van der Waals surface area contributed by atoms with E-state index in [4.69, 9.17) is 4.74 Å². The summed E-state index contributed by atoms with van der Waals surface area (Å²) in [5.74, 6) is -2.56. The molecule has 24 heavy (non-hydrogen) atoms. The minimum absolute atomic E-state index is 0.152. The van der Waals surface area contributed by atoms with Gasteiger partial charge in [-0.2, -0.15) is 0 Å². The van der Waals surface area contributed by atoms with Gasteiger partial charge in [0, 0.05) is 6.54 Å². The first-order valence-corrected chi connectivity index (χ1v) is 7.30. The van der Waals surface area contributed by atoms with Gasteiger partial charge < -0.3 is 10.1 Å². The van der Waals surface area contributed by atoms with E-state index in [-0.39, 0.29) is 18.5 Å². The monoisotopic (exact) mass is 336 g/mol. The second-order valence-corrected chi connectivity index (χ2v) is 5.83. The molecule has 0 saturated carbocycles. The fourth-order valence-corrected chi connectivity index (χ4v) is 2.21. The molecule has 2 rings (SSSR count). The number of rotatable bonds is 6. The van der Waals surface area contributed by atoms with Crippen molar-refractivity contribution in [1.82, 2.24) is 10.2 Å². The maximum absolute atomic E-state index is 13.4. The number of esters is 1. The Kier molecular flexibility index (Phi) is 4.96. The molecule has 1 fully saturated rings. The van der Waals surface area contributed by atoms with E-state index in [9.17, 15) is 23.6 Å². The second kappa shape index (κ2) is 6.77. The highest BCUT2D eigenvalue weighted by atomic mass is 19.1. The number of nitrogens with one attached hydrogen (secondary N) is 1. The molecule has 0 aliphatic carbocycles. The number of halogens is 1. The number of ether oxygens (including phenoxy) is 1. The Bertz CT molecular complexity index is 701. The van der Waals surface area contributed by atoms with Crippen molar-refractivity contribution in [3.63, 3.8) is 0 Å². The average molecular weight is 336 g/mol. The van der Waals surface area contributed by atoms with Gasteiger partial charge in [-0.3, -0.25) is 19.3 Å². The molecule has 1 aromatic rings. The summed E-state index contributed by atoms with van der Waals surface area (Å²) in [7, 11) is 0. The van der Waals surface area contributed by atoms with Crippen LogP contribution in [0.2, 0.25) is 0 Å². The fourth-order valence-electron chi connectivity index (χ4n) is 2.21. The SMILES string of the molecule is CC1(C)NC(=O)N(CCC(=O)OCC(=O)c2ccccc2F)C1=O. The zero-order chi connectivity index (χ0) is 17.9. The predicted octanol–water partition coefficient (Wildman–Crippen LogP) is 1.27. The van der Waals surface area contributed by atoms with E-state index in [1.807, 2.05) is 0 Å². The third-order valence-corrected chi connectivity index (χ3v) is 3.52. The molecular formula is C16H17FN2O5. The molecule has 1 aromatic carbocycles. The second-order valence-electron chi connectivity index (χ2n) is 5.83. The lowest BCUT2D eigenvalue weighted by molar-refractivity contribution is -0.143. The van der Waals surface area contributed by atoms with E-state index < -0.39 is 41.7 Å². The molecule has 3 amide bonds. The van der Waals surface area contributed by atoms with Crippen LogP contribution < -0.4 is 5.32 Å². The van der Waals surface area contributed by atoms with Crippen molar-refractivity contribution in [2.45, 2.75) is 25.8 Å². The van der Waals surface area contributed by atoms with Crippen LogP contribution in [0.5, 0.6) is 0 Å². The van der Waals surface area contributed by atoms with Gasteiger partial charge in [-0.15, -0.1) is 0 Å². The first-order chi connectivity index (χ1) is 11.2. The summed E-state index contributed by atoms with van der Waals surface area (Å²) in [6, 6.07) is 4.78. The largest absolute Gasteiger partial charge is 0.457 e. The highest BCUT2D eigenvalue weighted by Crippen LogP contribution is 2.16. The van der Waals surface area contributed by atoms with Crippen molar-refractivity contribution in [2.24, 2.45) is 0 Å². The van der Waals surface area contributed by atoms with Gasteiger partial charge >= 0.3 is 12.0 Å². The quantitative estimate of drug-likeness (QED) is 0.480. The molecule has 0 bridgehead atoms. The molecule has 1 saturated heterocycles. The van der Waals surface area contributed by atoms with Gasteiger partial charge in [-0.1, -0.05) is 12.1 Å². The van der Waals surface area contributed by atoms with Crippen LogP contribution in [0.15, 0.2) is 24.3 Å². The highest BCUT2D eigenvalue weighted by Gasteiger charge is 2.44. The van der Waals surface area contributed by atoms with Crippen molar-refractivity contribution in [1.29, 1.82) is 0 Å². The van der Waals surface area contributed by atoms with Gasteiger partial charge in [0.2, 0.25) is 5.78 Å². The number of hydrogen-bond donors (Lipinski definition) is 1. The third kappa shape index (κ3) is 3.76. The number of ketones is 1. The zero-order valence-corrected chi connectivity index (χ0v) is 13.3. The minimum Gasteiger partial charge on any atom is -0.457 e. The fraction of sp³-hybridized carbons (Fsp3) is 0.375. The van der Waals surface area contributed by atoms with Gasteiger partial charge in [0.25, 0.3) is 5.91 Å². The number of hydrogen-bond acceptors (Lipinski definition) is 5. The summed E-state index contributed by atoms with van der Waals surface area (Å²) >= 11 is 0. The maximum Gasteiger partial charge on any atom is 0.325 e. The van der Waals surface area contributed by atoms with Gasteiger partial charge in [-0.25, -0.2) is 9.18 Å². The van der Waals surface area contributed by atoms with Crippen LogP contribution in [0, 0.1) is 5.82 Å². The molecule has 0 radical (unpaired) electrons. The van der Waals surface area contributed by atoms with Crippen LogP contribution in [0.1, 0.15) is 30.6 Å². The summed E-state index contributed by atoms with van der Waals surface area (Å²) in [5.41, 5.74) is -1.18. The van der Waals surface area contributed by atoms with E-state index in [2.05, 4.69) is 5.32 Å². The Labute approximate surface area is 137 Å². The number of imide groups is 1. The van der Waals surface area contributed by atoms with Crippen LogP contribution in [-0.4, -0.2) is 47.3 Å². The normalized spacial score (nSPS) is 16.0. The topological polar surface area (TPSA) is 92.8 Å². The zero-order valence-electron chi connectivity index (χ0n) is 13.3. The lowest BCUT2D eigenvalue weighted by atomic mass is 10.1. The van der Waals surface area contributed by atoms with Crippen LogP contribution >= 0.6 is 0 Å². The van der Waals surface area contributed by atoms with Gasteiger partial charge in [0.05, 0.1) is 12.0 Å². The molecule has 128 valence electrons. The van der Waals surface area contributed by atoms with Crippen LogP contribution in [0.3, 0.4) is 0 Å². The molecule has 1 aliphatic heterocycles. The van der Waals surface area contributed by atoms with E-state index in [0.717, 1.165) is 11.0 Å². The first-order valence-electron chi connectivity index (χ1n) is 7.30. The third-order valence-electron chi connectivity index (χ3n) is 3.52. The lowest BCUT2D eigenvalue weighted by Crippen LogP contribution is -2.40.